The first-order valence-electron chi connectivity index (χ1n) is 8.76. The number of imide groups is 1. The zero-order valence-corrected chi connectivity index (χ0v) is 16.0. The fourth-order valence-corrected chi connectivity index (χ4v) is 3.47. The van der Waals surface area contributed by atoms with Crippen molar-refractivity contribution in [3.8, 4) is 0 Å². The average molecular weight is 424 g/mol. The summed E-state index contributed by atoms with van der Waals surface area (Å²) in [6.07, 6.45) is 4.00. The van der Waals surface area contributed by atoms with E-state index in [-0.39, 0.29) is 30.3 Å². The van der Waals surface area contributed by atoms with Crippen LogP contribution in [0.15, 0.2) is 22.8 Å². The molecule has 1 aromatic rings. The predicted octanol–water partition coefficient (Wildman–Crippen LogP) is 1.44. The molecular formula is C17H22BrN5O3. The lowest BCUT2D eigenvalue weighted by atomic mass is 9.96. The van der Waals surface area contributed by atoms with Gasteiger partial charge in [0.25, 0.3) is 0 Å². The van der Waals surface area contributed by atoms with Gasteiger partial charge in [-0.05, 0) is 67.0 Å². The van der Waals surface area contributed by atoms with Crippen molar-refractivity contribution in [2.75, 3.05) is 38.0 Å². The molecule has 26 heavy (non-hydrogen) atoms. The van der Waals surface area contributed by atoms with E-state index in [9.17, 15) is 14.4 Å². The second-order valence-corrected chi connectivity index (χ2v) is 7.44. The molecule has 0 bridgehead atoms. The summed E-state index contributed by atoms with van der Waals surface area (Å²) in [5.74, 6) is 0.405. The van der Waals surface area contributed by atoms with Gasteiger partial charge >= 0.3 is 6.03 Å². The van der Waals surface area contributed by atoms with Crippen LogP contribution < -0.4 is 10.6 Å². The second kappa shape index (κ2) is 8.59. The molecule has 0 saturated carbocycles. The third kappa shape index (κ3) is 4.79. The number of pyridine rings is 1. The molecule has 2 aliphatic heterocycles. The highest BCUT2D eigenvalue weighted by atomic mass is 79.9. The van der Waals surface area contributed by atoms with Crippen LogP contribution in [-0.4, -0.2) is 65.4 Å². The van der Waals surface area contributed by atoms with Crippen LogP contribution in [0, 0.1) is 5.92 Å². The van der Waals surface area contributed by atoms with Crippen molar-refractivity contribution in [3.05, 3.63) is 22.8 Å². The lowest BCUT2D eigenvalue weighted by Gasteiger charge is -2.31. The molecule has 2 N–H and O–H groups in total. The number of rotatable bonds is 6. The molecule has 3 heterocycles. The third-order valence-electron chi connectivity index (χ3n) is 4.73. The number of halogens is 1. The van der Waals surface area contributed by atoms with Crippen molar-refractivity contribution < 1.29 is 14.4 Å². The van der Waals surface area contributed by atoms with E-state index in [1.807, 2.05) is 6.07 Å². The molecule has 0 aliphatic carbocycles. The van der Waals surface area contributed by atoms with Crippen molar-refractivity contribution in [2.45, 2.75) is 19.3 Å². The summed E-state index contributed by atoms with van der Waals surface area (Å²) in [7, 11) is 0. The number of amides is 4. The van der Waals surface area contributed by atoms with Crippen LogP contribution in [0.4, 0.5) is 10.6 Å². The molecule has 0 atom stereocenters. The summed E-state index contributed by atoms with van der Waals surface area (Å²) in [4.78, 5) is 43.1. The Morgan fingerprint density at radius 3 is 2.65 bits per heavy atom. The van der Waals surface area contributed by atoms with Crippen molar-refractivity contribution in [3.63, 3.8) is 0 Å². The quantitative estimate of drug-likeness (QED) is 0.674. The predicted molar refractivity (Wildman–Crippen MR) is 99.5 cm³/mol. The lowest BCUT2D eigenvalue weighted by Crippen LogP contribution is -2.40. The Morgan fingerprint density at radius 2 is 2.04 bits per heavy atom. The molecule has 0 aromatic carbocycles. The lowest BCUT2D eigenvalue weighted by molar-refractivity contribution is -0.125. The Bertz CT molecular complexity index is 657. The number of nitrogens with zero attached hydrogens (tertiary/aromatic N) is 3. The van der Waals surface area contributed by atoms with Crippen molar-refractivity contribution >= 4 is 39.6 Å². The first-order chi connectivity index (χ1) is 12.5. The van der Waals surface area contributed by atoms with Crippen LogP contribution in [0.2, 0.25) is 0 Å². The number of carbonyl (C=O) groups is 3. The van der Waals surface area contributed by atoms with E-state index in [0.717, 1.165) is 43.4 Å². The number of aromatic nitrogens is 1. The average Bonchev–Trinajstić information content (AvgIpc) is 2.96. The Morgan fingerprint density at radius 1 is 1.27 bits per heavy atom. The van der Waals surface area contributed by atoms with Crippen LogP contribution in [0.1, 0.15) is 19.3 Å². The number of hydrogen-bond donors (Lipinski definition) is 2. The smallest absolute Gasteiger partial charge is 0.324 e. The minimum absolute atomic E-state index is 0.0114. The maximum absolute atomic E-state index is 12.3. The Balaban J connectivity index is 1.37. The van der Waals surface area contributed by atoms with Crippen molar-refractivity contribution in [1.29, 1.82) is 0 Å². The van der Waals surface area contributed by atoms with Crippen LogP contribution in [0.25, 0.3) is 0 Å². The molecule has 2 saturated heterocycles. The molecule has 140 valence electrons. The zero-order chi connectivity index (χ0) is 18.5. The molecule has 2 fully saturated rings. The molecular weight excluding hydrogens is 402 g/mol. The van der Waals surface area contributed by atoms with E-state index in [2.05, 4.69) is 36.4 Å². The van der Waals surface area contributed by atoms with Crippen molar-refractivity contribution in [2.24, 2.45) is 5.92 Å². The third-order valence-corrected chi connectivity index (χ3v) is 5.20. The summed E-state index contributed by atoms with van der Waals surface area (Å²) in [6.45, 7) is 3.05. The highest BCUT2D eigenvalue weighted by Crippen LogP contribution is 2.20. The fraction of sp³-hybridized carbons (Fsp3) is 0.529. The molecule has 0 radical (unpaired) electrons. The monoisotopic (exact) mass is 423 g/mol. The first kappa shape index (κ1) is 18.8. The maximum Gasteiger partial charge on any atom is 0.324 e. The van der Waals surface area contributed by atoms with Gasteiger partial charge in [0.1, 0.15) is 5.82 Å². The number of likely N-dealkylation sites (tertiary alicyclic amines) is 1. The minimum Gasteiger partial charge on any atom is -0.329 e. The summed E-state index contributed by atoms with van der Waals surface area (Å²) in [5, 5.41) is 5.39. The minimum atomic E-state index is -0.299. The van der Waals surface area contributed by atoms with E-state index >= 15 is 0 Å². The van der Waals surface area contributed by atoms with E-state index in [1.54, 1.807) is 12.3 Å². The van der Waals surface area contributed by atoms with Gasteiger partial charge < -0.3 is 15.5 Å². The van der Waals surface area contributed by atoms with Gasteiger partial charge in [0.05, 0.1) is 6.54 Å². The van der Waals surface area contributed by atoms with Crippen molar-refractivity contribution in [1.82, 2.24) is 20.1 Å². The van der Waals surface area contributed by atoms with Gasteiger partial charge in [-0.25, -0.2) is 9.78 Å². The fourth-order valence-electron chi connectivity index (χ4n) is 3.23. The van der Waals surface area contributed by atoms with Crippen LogP contribution >= 0.6 is 15.9 Å². The highest BCUT2D eigenvalue weighted by Gasteiger charge is 2.28. The number of hydrogen-bond acceptors (Lipinski definition) is 5. The summed E-state index contributed by atoms with van der Waals surface area (Å²) >= 11 is 3.32. The molecule has 1 aromatic heterocycles. The topological polar surface area (TPSA) is 94.6 Å². The van der Waals surface area contributed by atoms with E-state index in [0.29, 0.717) is 12.4 Å². The molecule has 9 heteroatoms. The zero-order valence-electron chi connectivity index (χ0n) is 14.4. The number of nitrogens with one attached hydrogen (secondary N) is 2. The molecule has 4 amide bonds. The van der Waals surface area contributed by atoms with Crippen LogP contribution in [-0.2, 0) is 9.59 Å². The summed E-state index contributed by atoms with van der Waals surface area (Å²) in [5.41, 5.74) is 0. The van der Waals surface area contributed by atoms with Gasteiger partial charge in [0.2, 0.25) is 11.8 Å². The molecule has 8 nitrogen and oxygen atoms in total. The Kier molecular flexibility index (Phi) is 6.20. The van der Waals surface area contributed by atoms with Gasteiger partial charge in [-0.1, -0.05) is 0 Å². The largest absolute Gasteiger partial charge is 0.329 e. The molecule has 3 rings (SSSR count). The van der Waals surface area contributed by atoms with Gasteiger partial charge in [-0.2, -0.15) is 0 Å². The maximum atomic E-state index is 12.3. The number of anilines is 1. The normalized spacial score (nSPS) is 18.9. The van der Waals surface area contributed by atoms with Crippen LogP contribution in [0.3, 0.4) is 0 Å². The van der Waals surface area contributed by atoms with E-state index < -0.39 is 0 Å². The van der Waals surface area contributed by atoms with Gasteiger partial charge in [0, 0.05) is 23.1 Å². The van der Waals surface area contributed by atoms with E-state index in [4.69, 9.17) is 0 Å². The van der Waals surface area contributed by atoms with Gasteiger partial charge in [-0.3, -0.25) is 14.5 Å². The second-order valence-electron chi connectivity index (χ2n) is 6.52. The molecule has 0 unspecified atom stereocenters. The van der Waals surface area contributed by atoms with E-state index in [1.165, 1.54) is 4.90 Å². The SMILES string of the molecule is O=C(Nc1ccc(Br)cn1)C1CCN(CCCN2C(=O)CNC2=O)CC1. The first-order valence-corrected chi connectivity index (χ1v) is 9.55. The number of piperidine rings is 1. The standard InChI is InChI=1S/C17H22BrN5O3/c18-13-2-3-14(19-10-13)21-16(25)12-4-8-22(9-5-12)6-1-7-23-15(24)11-20-17(23)26/h2-3,10,12H,1,4-9,11H2,(H,20,26)(H,19,21,25). The van der Waals surface area contributed by atoms with Crippen LogP contribution in [0.5, 0.6) is 0 Å². The summed E-state index contributed by atoms with van der Waals surface area (Å²) < 4.78 is 0.872. The highest BCUT2D eigenvalue weighted by molar-refractivity contribution is 9.10. The molecule has 2 aliphatic rings. The van der Waals surface area contributed by atoms with Gasteiger partial charge in [0.15, 0.2) is 0 Å². The number of carbonyl (C=O) groups excluding carboxylic acids is 3. The summed E-state index contributed by atoms with van der Waals surface area (Å²) in [6, 6.07) is 3.32. The Labute approximate surface area is 160 Å². The number of urea groups is 1. The van der Waals surface area contributed by atoms with Gasteiger partial charge in [-0.15, -0.1) is 0 Å². The molecule has 0 spiro atoms. The Hall–Kier alpha value is -2.00.